The Balaban J connectivity index is 2.07. The van der Waals surface area contributed by atoms with E-state index in [9.17, 15) is 4.79 Å². The van der Waals surface area contributed by atoms with E-state index < -0.39 is 5.41 Å². The Hall–Kier alpha value is -1.85. The summed E-state index contributed by atoms with van der Waals surface area (Å²) >= 11 is 0. The normalized spacial score (nSPS) is 16.8. The van der Waals surface area contributed by atoms with Gasteiger partial charge in [0.2, 0.25) is 5.91 Å². The maximum atomic E-state index is 12.7. The van der Waals surface area contributed by atoms with Crippen LogP contribution in [0.5, 0.6) is 5.75 Å². The predicted octanol–water partition coefficient (Wildman–Crippen LogP) is 2.21. The number of hydrogen-bond acceptors (Lipinski definition) is 4. The van der Waals surface area contributed by atoms with Crippen molar-refractivity contribution in [2.24, 2.45) is 5.41 Å². The molecule has 0 bridgehead atoms. The molecule has 0 unspecified atom stereocenters. The van der Waals surface area contributed by atoms with Crippen LogP contribution in [-0.2, 0) is 9.53 Å². The number of ether oxygens (including phenoxy) is 2. The largest absolute Gasteiger partial charge is 0.489 e. The van der Waals surface area contributed by atoms with Gasteiger partial charge < -0.3 is 20.1 Å². The zero-order valence-electron chi connectivity index (χ0n) is 13.1. The van der Waals surface area contributed by atoms with Gasteiger partial charge in [-0.1, -0.05) is 18.7 Å². The van der Waals surface area contributed by atoms with Crippen LogP contribution in [0.4, 0.5) is 5.69 Å². The van der Waals surface area contributed by atoms with Crippen LogP contribution >= 0.6 is 0 Å². The monoisotopic (exact) mass is 304 g/mol. The maximum absolute atomic E-state index is 12.7. The third-order valence-corrected chi connectivity index (χ3v) is 3.92. The van der Waals surface area contributed by atoms with Gasteiger partial charge in [-0.25, -0.2) is 0 Å². The van der Waals surface area contributed by atoms with E-state index in [-0.39, 0.29) is 5.91 Å². The first kappa shape index (κ1) is 16.5. The first-order chi connectivity index (χ1) is 10.7. The minimum Gasteiger partial charge on any atom is -0.489 e. The summed E-state index contributed by atoms with van der Waals surface area (Å²) < 4.78 is 10.8. The molecule has 2 rings (SSSR count). The van der Waals surface area contributed by atoms with Crippen LogP contribution in [0.3, 0.4) is 0 Å². The SMILES string of the molecule is C=CCOc1cccc(NC(=O)C2(COC)CCNCC2)c1. The van der Waals surface area contributed by atoms with Crippen LogP contribution in [0.2, 0.25) is 0 Å². The van der Waals surface area contributed by atoms with Crippen molar-refractivity contribution in [3.05, 3.63) is 36.9 Å². The molecule has 0 aliphatic carbocycles. The lowest BCUT2D eigenvalue weighted by Gasteiger charge is -2.35. The van der Waals surface area contributed by atoms with Gasteiger partial charge in [-0.15, -0.1) is 0 Å². The van der Waals surface area contributed by atoms with Gasteiger partial charge in [-0.3, -0.25) is 4.79 Å². The lowest BCUT2D eigenvalue weighted by molar-refractivity contribution is -0.130. The number of rotatable bonds is 7. The summed E-state index contributed by atoms with van der Waals surface area (Å²) in [7, 11) is 1.64. The van der Waals surface area contributed by atoms with E-state index in [1.54, 1.807) is 13.2 Å². The van der Waals surface area contributed by atoms with Crippen LogP contribution in [0.25, 0.3) is 0 Å². The first-order valence-electron chi connectivity index (χ1n) is 7.55. The Bertz CT molecular complexity index is 505. The molecule has 1 fully saturated rings. The summed E-state index contributed by atoms with van der Waals surface area (Å²) in [4.78, 5) is 12.7. The van der Waals surface area contributed by atoms with E-state index in [0.717, 1.165) is 31.6 Å². The van der Waals surface area contributed by atoms with E-state index in [4.69, 9.17) is 9.47 Å². The molecule has 1 aromatic rings. The van der Waals surface area contributed by atoms with Gasteiger partial charge in [0.15, 0.2) is 0 Å². The van der Waals surface area contributed by atoms with Crippen LogP contribution in [0, 0.1) is 5.41 Å². The van der Waals surface area contributed by atoms with E-state index in [2.05, 4.69) is 17.2 Å². The van der Waals surface area contributed by atoms with Crippen LogP contribution < -0.4 is 15.4 Å². The number of carbonyl (C=O) groups excluding carboxylic acids is 1. The number of amides is 1. The second-order valence-corrected chi connectivity index (χ2v) is 5.54. The molecular weight excluding hydrogens is 280 g/mol. The number of methoxy groups -OCH3 is 1. The van der Waals surface area contributed by atoms with Crippen LogP contribution in [0.1, 0.15) is 12.8 Å². The Morgan fingerprint density at radius 2 is 2.23 bits per heavy atom. The van der Waals surface area contributed by atoms with Crippen molar-refractivity contribution in [3.8, 4) is 5.75 Å². The van der Waals surface area contributed by atoms with Crippen LogP contribution in [-0.4, -0.2) is 39.3 Å². The predicted molar refractivity (Wildman–Crippen MR) is 87.2 cm³/mol. The van der Waals surface area contributed by atoms with E-state index in [0.29, 0.717) is 19.0 Å². The number of carbonyl (C=O) groups is 1. The lowest BCUT2D eigenvalue weighted by Crippen LogP contribution is -2.47. The molecule has 120 valence electrons. The summed E-state index contributed by atoms with van der Waals surface area (Å²) in [5.74, 6) is 0.723. The van der Waals surface area contributed by atoms with Gasteiger partial charge in [0.05, 0.1) is 12.0 Å². The highest BCUT2D eigenvalue weighted by molar-refractivity contribution is 5.95. The van der Waals surface area contributed by atoms with Crippen molar-refractivity contribution < 1.29 is 14.3 Å². The molecule has 0 radical (unpaired) electrons. The molecule has 1 amide bonds. The number of benzene rings is 1. The smallest absolute Gasteiger partial charge is 0.233 e. The summed E-state index contributed by atoms with van der Waals surface area (Å²) in [6.07, 6.45) is 3.24. The molecule has 1 saturated heterocycles. The van der Waals surface area contributed by atoms with Gasteiger partial charge >= 0.3 is 0 Å². The highest BCUT2D eigenvalue weighted by atomic mass is 16.5. The molecule has 0 saturated carbocycles. The Morgan fingerprint density at radius 1 is 1.45 bits per heavy atom. The molecular formula is C17H24N2O3. The molecule has 1 aliphatic rings. The van der Waals surface area contributed by atoms with Crippen LogP contribution in [0.15, 0.2) is 36.9 Å². The lowest BCUT2D eigenvalue weighted by atomic mass is 9.78. The van der Waals surface area contributed by atoms with E-state index in [1.165, 1.54) is 0 Å². The topological polar surface area (TPSA) is 59.6 Å². The van der Waals surface area contributed by atoms with Gasteiger partial charge in [0, 0.05) is 18.9 Å². The van der Waals surface area contributed by atoms with Crippen molar-refractivity contribution in [2.75, 3.05) is 38.7 Å². The first-order valence-corrected chi connectivity index (χ1v) is 7.55. The summed E-state index contributed by atoms with van der Waals surface area (Å²) in [5, 5.41) is 6.29. The van der Waals surface area contributed by atoms with Crippen molar-refractivity contribution in [1.29, 1.82) is 0 Å². The Morgan fingerprint density at radius 3 is 2.91 bits per heavy atom. The molecule has 1 aromatic carbocycles. The zero-order valence-corrected chi connectivity index (χ0v) is 13.1. The number of piperidine rings is 1. The molecule has 0 atom stereocenters. The Labute approximate surface area is 131 Å². The molecule has 22 heavy (non-hydrogen) atoms. The molecule has 0 spiro atoms. The standard InChI is InChI=1S/C17H24N2O3/c1-3-11-22-15-6-4-5-14(12-15)19-16(20)17(13-21-2)7-9-18-10-8-17/h3-6,12,18H,1,7-11,13H2,2H3,(H,19,20). The van der Waals surface area contributed by atoms with Gasteiger partial charge in [-0.05, 0) is 38.1 Å². The van der Waals surface area contributed by atoms with E-state index >= 15 is 0 Å². The molecule has 5 nitrogen and oxygen atoms in total. The average Bonchev–Trinajstić information content (AvgIpc) is 2.54. The van der Waals surface area contributed by atoms with Crippen molar-refractivity contribution in [1.82, 2.24) is 5.32 Å². The maximum Gasteiger partial charge on any atom is 0.233 e. The number of nitrogens with one attached hydrogen (secondary N) is 2. The highest BCUT2D eigenvalue weighted by Gasteiger charge is 2.39. The Kier molecular flexibility index (Phi) is 5.98. The average molecular weight is 304 g/mol. The van der Waals surface area contributed by atoms with Crippen molar-refractivity contribution >= 4 is 11.6 Å². The molecule has 0 aromatic heterocycles. The van der Waals surface area contributed by atoms with Gasteiger partial charge in [-0.2, -0.15) is 0 Å². The second-order valence-electron chi connectivity index (χ2n) is 5.54. The molecule has 1 aliphatic heterocycles. The molecule has 2 N–H and O–H groups in total. The fourth-order valence-electron chi connectivity index (χ4n) is 2.70. The van der Waals surface area contributed by atoms with Gasteiger partial charge in [0.1, 0.15) is 12.4 Å². The van der Waals surface area contributed by atoms with Crippen molar-refractivity contribution in [2.45, 2.75) is 12.8 Å². The zero-order chi connectivity index (χ0) is 15.8. The quantitative estimate of drug-likeness (QED) is 0.758. The fourth-order valence-corrected chi connectivity index (χ4v) is 2.70. The fraction of sp³-hybridized carbons (Fsp3) is 0.471. The minimum absolute atomic E-state index is 0.0109. The van der Waals surface area contributed by atoms with Crippen molar-refractivity contribution in [3.63, 3.8) is 0 Å². The highest BCUT2D eigenvalue weighted by Crippen LogP contribution is 2.31. The summed E-state index contributed by atoms with van der Waals surface area (Å²) in [5.41, 5.74) is 0.276. The molecule has 1 heterocycles. The minimum atomic E-state index is -0.460. The van der Waals surface area contributed by atoms with E-state index in [1.807, 2.05) is 24.3 Å². The number of anilines is 1. The second kappa shape index (κ2) is 7.96. The van der Waals surface area contributed by atoms with Gasteiger partial charge in [0.25, 0.3) is 0 Å². The number of hydrogen-bond donors (Lipinski definition) is 2. The third kappa shape index (κ3) is 4.08. The summed E-state index contributed by atoms with van der Waals surface area (Å²) in [6, 6.07) is 7.40. The third-order valence-electron chi connectivity index (χ3n) is 3.92. The summed E-state index contributed by atoms with van der Waals surface area (Å²) in [6.45, 7) is 6.17. The molecule has 5 heteroatoms.